The highest BCUT2D eigenvalue weighted by Crippen LogP contribution is 2.54. The van der Waals surface area contributed by atoms with Gasteiger partial charge in [-0.05, 0) is 85.3 Å². The summed E-state index contributed by atoms with van der Waals surface area (Å²) in [6, 6.07) is 13.3. The van der Waals surface area contributed by atoms with Gasteiger partial charge in [0.25, 0.3) is 0 Å². The van der Waals surface area contributed by atoms with E-state index in [0.29, 0.717) is 0 Å². The third-order valence-electron chi connectivity index (χ3n) is 4.90. The van der Waals surface area contributed by atoms with Gasteiger partial charge in [-0.2, -0.15) is 0 Å². The zero-order valence-corrected chi connectivity index (χ0v) is 16.3. The molecule has 0 spiro atoms. The van der Waals surface area contributed by atoms with Crippen molar-refractivity contribution in [1.29, 1.82) is 0 Å². The van der Waals surface area contributed by atoms with Crippen LogP contribution in [0.2, 0.25) is 0 Å². The number of nitrogens with two attached hydrogens (primary N) is 2. The molecule has 0 bridgehead atoms. The van der Waals surface area contributed by atoms with Crippen molar-refractivity contribution in [3.63, 3.8) is 0 Å². The highest BCUT2D eigenvalue weighted by Gasteiger charge is 2.42. The predicted molar refractivity (Wildman–Crippen MR) is 105 cm³/mol. The van der Waals surface area contributed by atoms with Crippen LogP contribution >= 0.6 is 31.9 Å². The topological polar surface area (TPSA) is 52.0 Å². The molecule has 0 aliphatic heterocycles. The van der Waals surface area contributed by atoms with Crippen LogP contribution in [0, 0.1) is 0 Å². The quantitative estimate of drug-likeness (QED) is 0.671. The van der Waals surface area contributed by atoms with Crippen LogP contribution in [0.3, 0.4) is 0 Å². The highest BCUT2D eigenvalue weighted by atomic mass is 79.9. The van der Waals surface area contributed by atoms with Crippen molar-refractivity contribution in [3.8, 4) is 11.1 Å². The van der Waals surface area contributed by atoms with Crippen molar-refractivity contribution in [2.24, 2.45) is 11.5 Å². The van der Waals surface area contributed by atoms with Gasteiger partial charge in [-0.3, -0.25) is 0 Å². The average Bonchev–Trinajstić information content (AvgIpc) is 2.80. The van der Waals surface area contributed by atoms with Crippen molar-refractivity contribution in [2.45, 2.75) is 31.1 Å². The molecule has 2 aromatic rings. The van der Waals surface area contributed by atoms with Crippen molar-refractivity contribution >= 4 is 31.9 Å². The Morgan fingerprint density at radius 1 is 0.739 bits per heavy atom. The number of benzene rings is 2. The van der Waals surface area contributed by atoms with Crippen molar-refractivity contribution in [1.82, 2.24) is 0 Å². The summed E-state index contributed by atoms with van der Waals surface area (Å²) in [4.78, 5) is 0. The molecule has 0 saturated carbocycles. The molecule has 0 fully saturated rings. The molecule has 0 heterocycles. The molecule has 122 valence electrons. The van der Waals surface area contributed by atoms with Crippen LogP contribution in [-0.4, -0.2) is 13.1 Å². The van der Waals surface area contributed by atoms with E-state index < -0.39 is 0 Å². The number of hydrogen-bond donors (Lipinski definition) is 2. The summed E-state index contributed by atoms with van der Waals surface area (Å²) < 4.78 is 2.26. The average molecular weight is 438 g/mol. The Hall–Kier alpha value is -0.680. The van der Waals surface area contributed by atoms with Crippen molar-refractivity contribution < 1.29 is 0 Å². The predicted octanol–water partition coefficient (Wildman–Crippen LogP) is 4.96. The molecule has 1 aliphatic rings. The minimum Gasteiger partial charge on any atom is -0.330 e. The van der Waals surface area contributed by atoms with Crippen LogP contribution in [0.15, 0.2) is 45.3 Å². The second-order valence-corrected chi connectivity index (χ2v) is 8.08. The van der Waals surface area contributed by atoms with E-state index in [1.54, 1.807) is 0 Å². The molecule has 4 N–H and O–H groups in total. The van der Waals surface area contributed by atoms with Crippen LogP contribution in [-0.2, 0) is 5.41 Å². The van der Waals surface area contributed by atoms with Crippen LogP contribution in [0.1, 0.15) is 36.8 Å². The van der Waals surface area contributed by atoms with Crippen molar-refractivity contribution in [2.75, 3.05) is 13.1 Å². The maximum atomic E-state index is 5.85. The summed E-state index contributed by atoms with van der Waals surface area (Å²) in [6.07, 6.45) is 4.16. The normalized spacial score (nSPS) is 14.6. The van der Waals surface area contributed by atoms with Crippen LogP contribution < -0.4 is 11.5 Å². The molecule has 0 unspecified atom stereocenters. The number of hydrogen-bond acceptors (Lipinski definition) is 2. The van der Waals surface area contributed by atoms with Crippen LogP contribution in [0.4, 0.5) is 0 Å². The second-order valence-electron chi connectivity index (χ2n) is 6.25. The molecule has 0 atom stereocenters. The Balaban J connectivity index is 2.23. The van der Waals surface area contributed by atoms with Gasteiger partial charge in [0.2, 0.25) is 0 Å². The van der Waals surface area contributed by atoms with Gasteiger partial charge < -0.3 is 11.5 Å². The molecule has 4 heteroatoms. The Kier molecular flexibility index (Phi) is 5.26. The first-order valence-corrected chi connectivity index (χ1v) is 9.71. The Morgan fingerprint density at radius 2 is 1.17 bits per heavy atom. The Bertz CT molecular complexity index is 651. The Labute approximate surface area is 154 Å². The molecule has 2 nitrogen and oxygen atoms in total. The van der Waals surface area contributed by atoms with E-state index in [9.17, 15) is 0 Å². The molecule has 1 aliphatic carbocycles. The van der Waals surface area contributed by atoms with Gasteiger partial charge in [0.15, 0.2) is 0 Å². The lowest BCUT2D eigenvalue weighted by atomic mass is 9.71. The lowest BCUT2D eigenvalue weighted by Gasteiger charge is -2.32. The second kappa shape index (κ2) is 7.06. The van der Waals surface area contributed by atoms with E-state index in [-0.39, 0.29) is 5.41 Å². The zero-order chi connectivity index (χ0) is 16.4. The Morgan fingerprint density at radius 3 is 1.57 bits per heavy atom. The largest absolute Gasteiger partial charge is 0.330 e. The van der Waals surface area contributed by atoms with E-state index in [1.165, 1.54) is 22.3 Å². The number of halogens is 2. The lowest BCUT2D eigenvalue weighted by Crippen LogP contribution is -2.27. The third-order valence-corrected chi connectivity index (χ3v) is 5.89. The summed E-state index contributed by atoms with van der Waals surface area (Å²) in [5.41, 5.74) is 17.3. The molecule has 0 saturated heterocycles. The standard InChI is InChI=1S/C19H22Br2N2/c20-13-3-5-15-16-6-4-14(21)12-18(16)19(7-1-9-22,8-2-10-23)17(15)11-13/h3-6,11-12H,1-2,7-10,22-23H2. The van der Waals surface area contributed by atoms with E-state index in [2.05, 4.69) is 68.3 Å². The van der Waals surface area contributed by atoms with Gasteiger partial charge in [-0.15, -0.1) is 0 Å². The maximum Gasteiger partial charge on any atom is 0.0217 e. The van der Waals surface area contributed by atoms with E-state index in [1.807, 2.05) is 0 Å². The first kappa shape index (κ1) is 17.2. The molecule has 3 rings (SSSR count). The van der Waals surface area contributed by atoms with Gasteiger partial charge in [0.1, 0.15) is 0 Å². The van der Waals surface area contributed by atoms with Crippen LogP contribution in [0.25, 0.3) is 11.1 Å². The summed E-state index contributed by atoms with van der Waals surface area (Å²) in [5.74, 6) is 0. The fourth-order valence-electron chi connectivity index (χ4n) is 3.91. The summed E-state index contributed by atoms with van der Waals surface area (Å²) in [6.45, 7) is 1.44. The molecule has 0 radical (unpaired) electrons. The molecular weight excluding hydrogens is 416 g/mol. The smallest absolute Gasteiger partial charge is 0.0217 e. The zero-order valence-electron chi connectivity index (χ0n) is 13.1. The number of rotatable bonds is 6. The molecular formula is C19H22Br2N2. The SMILES string of the molecule is NCCCC1(CCCN)c2cc(Br)ccc2-c2ccc(Br)cc21. The van der Waals surface area contributed by atoms with Gasteiger partial charge in [0.05, 0.1) is 0 Å². The van der Waals surface area contributed by atoms with E-state index in [0.717, 1.165) is 47.7 Å². The van der Waals surface area contributed by atoms with Crippen LogP contribution in [0.5, 0.6) is 0 Å². The fourth-order valence-corrected chi connectivity index (χ4v) is 4.63. The molecule has 0 amide bonds. The molecule has 0 aromatic heterocycles. The minimum absolute atomic E-state index is 0.0248. The minimum atomic E-state index is 0.0248. The molecule has 2 aromatic carbocycles. The monoisotopic (exact) mass is 436 g/mol. The lowest BCUT2D eigenvalue weighted by molar-refractivity contribution is 0.424. The summed E-state index contributed by atoms with van der Waals surface area (Å²) >= 11 is 7.31. The van der Waals surface area contributed by atoms with E-state index in [4.69, 9.17) is 11.5 Å². The molecule has 23 heavy (non-hydrogen) atoms. The van der Waals surface area contributed by atoms with E-state index >= 15 is 0 Å². The first-order valence-electron chi connectivity index (χ1n) is 8.13. The van der Waals surface area contributed by atoms with Gasteiger partial charge in [0, 0.05) is 14.4 Å². The summed E-state index contributed by atoms with van der Waals surface area (Å²) in [5, 5.41) is 0. The number of fused-ring (bicyclic) bond motifs is 3. The third kappa shape index (κ3) is 3.02. The summed E-state index contributed by atoms with van der Waals surface area (Å²) in [7, 11) is 0. The fraction of sp³-hybridized carbons (Fsp3) is 0.368. The van der Waals surface area contributed by atoms with Crippen molar-refractivity contribution in [3.05, 3.63) is 56.5 Å². The van der Waals surface area contributed by atoms with Gasteiger partial charge in [-0.25, -0.2) is 0 Å². The van der Waals surface area contributed by atoms with Gasteiger partial charge in [-0.1, -0.05) is 44.0 Å². The first-order chi connectivity index (χ1) is 11.1. The maximum absolute atomic E-state index is 5.85. The highest BCUT2D eigenvalue weighted by molar-refractivity contribution is 9.10. The van der Waals surface area contributed by atoms with Gasteiger partial charge >= 0.3 is 0 Å².